The number of para-hydroxylation sites is 1. The molecule has 25 heavy (non-hydrogen) atoms. The van der Waals surface area contributed by atoms with Gasteiger partial charge in [0.05, 0.1) is 25.0 Å². The molecule has 6 nitrogen and oxygen atoms in total. The Morgan fingerprint density at radius 1 is 1.24 bits per heavy atom. The van der Waals surface area contributed by atoms with Gasteiger partial charge in [0, 0.05) is 18.3 Å². The summed E-state index contributed by atoms with van der Waals surface area (Å²) in [5.41, 5.74) is 1.78. The number of hydrogen-bond acceptors (Lipinski definition) is 4. The summed E-state index contributed by atoms with van der Waals surface area (Å²) in [5.74, 6) is 0.855. The van der Waals surface area contributed by atoms with Gasteiger partial charge in [0.1, 0.15) is 5.75 Å². The fourth-order valence-corrected chi connectivity index (χ4v) is 3.23. The molecule has 1 atom stereocenters. The molecule has 1 fully saturated rings. The Morgan fingerprint density at radius 3 is 2.76 bits per heavy atom. The molecule has 2 amide bonds. The number of likely N-dealkylation sites (tertiary alicyclic amines) is 1. The number of anilines is 1. The second-order valence-corrected chi connectivity index (χ2v) is 6.08. The Bertz CT molecular complexity index is 687. The average Bonchev–Trinajstić information content (AvgIpc) is 3.17. The first kappa shape index (κ1) is 17.2. The van der Waals surface area contributed by atoms with Gasteiger partial charge in [-0.1, -0.05) is 18.2 Å². The maximum Gasteiger partial charge on any atom is 0.319 e. The van der Waals surface area contributed by atoms with Crippen LogP contribution in [-0.2, 0) is 0 Å². The molecule has 0 saturated carbocycles. The second kappa shape index (κ2) is 8.48. The molecule has 3 rings (SSSR count). The predicted molar refractivity (Wildman–Crippen MR) is 97.8 cm³/mol. The number of rotatable bonds is 6. The van der Waals surface area contributed by atoms with Gasteiger partial charge in [-0.05, 0) is 44.1 Å². The van der Waals surface area contributed by atoms with Crippen LogP contribution in [0.5, 0.6) is 5.75 Å². The zero-order valence-electron chi connectivity index (χ0n) is 14.4. The van der Waals surface area contributed by atoms with Crippen LogP contribution in [0.2, 0.25) is 0 Å². The van der Waals surface area contributed by atoms with Crippen molar-refractivity contribution in [1.82, 2.24) is 15.2 Å². The molecule has 1 aromatic heterocycles. The van der Waals surface area contributed by atoms with Gasteiger partial charge in [0.25, 0.3) is 0 Å². The van der Waals surface area contributed by atoms with E-state index in [-0.39, 0.29) is 12.1 Å². The normalized spacial score (nSPS) is 15.6. The van der Waals surface area contributed by atoms with E-state index in [1.54, 1.807) is 25.6 Å². The van der Waals surface area contributed by atoms with Crippen LogP contribution >= 0.6 is 0 Å². The highest BCUT2D eigenvalue weighted by molar-refractivity contribution is 5.88. The molecule has 1 aliphatic rings. The van der Waals surface area contributed by atoms with E-state index in [1.807, 2.05) is 24.3 Å². The molecule has 2 N–H and O–H groups in total. The van der Waals surface area contributed by atoms with E-state index in [9.17, 15) is 4.79 Å². The quantitative estimate of drug-likeness (QED) is 0.848. The lowest BCUT2D eigenvalue weighted by molar-refractivity contribution is 0.224. The summed E-state index contributed by atoms with van der Waals surface area (Å²) in [6, 6.07) is 11.5. The lowest BCUT2D eigenvalue weighted by Crippen LogP contribution is -2.38. The van der Waals surface area contributed by atoms with E-state index in [0.717, 1.165) is 24.4 Å². The molecule has 2 heterocycles. The number of methoxy groups -OCH3 is 1. The fourth-order valence-electron chi connectivity index (χ4n) is 3.23. The van der Waals surface area contributed by atoms with E-state index in [4.69, 9.17) is 4.74 Å². The molecule has 1 aromatic carbocycles. The van der Waals surface area contributed by atoms with Gasteiger partial charge in [-0.3, -0.25) is 9.88 Å². The van der Waals surface area contributed by atoms with Crippen molar-refractivity contribution in [2.24, 2.45) is 0 Å². The van der Waals surface area contributed by atoms with Crippen LogP contribution in [0.25, 0.3) is 0 Å². The summed E-state index contributed by atoms with van der Waals surface area (Å²) in [4.78, 5) is 18.6. The average molecular weight is 340 g/mol. The Kier molecular flexibility index (Phi) is 5.85. The van der Waals surface area contributed by atoms with Crippen molar-refractivity contribution in [2.45, 2.75) is 18.9 Å². The van der Waals surface area contributed by atoms with Gasteiger partial charge in [0.15, 0.2) is 0 Å². The number of amides is 2. The number of carbonyl (C=O) groups excluding carboxylic acids is 1. The fraction of sp³-hybridized carbons (Fsp3) is 0.368. The Labute approximate surface area is 148 Å². The van der Waals surface area contributed by atoms with Gasteiger partial charge in [-0.2, -0.15) is 0 Å². The molecule has 0 radical (unpaired) electrons. The molecule has 0 aliphatic carbocycles. The van der Waals surface area contributed by atoms with Crippen LogP contribution < -0.4 is 15.4 Å². The minimum absolute atomic E-state index is 0.0956. The Morgan fingerprint density at radius 2 is 2.04 bits per heavy atom. The molecule has 6 heteroatoms. The number of hydrogen-bond donors (Lipinski definition) is 2. The molecule has 1 aliphatic heterocycles. The van der Waals surface area contributed by atoms with Crippen molar-refractivity contribution >= 4 is 11.7 Å². The first-order valence-electron chi connectivity index (χ1n) is 8.60. The SMILES string of the molecule is COc1ccccc1C(CNC(=O)Nc1cccnc1)N1CCCC1. The third-order valence-corrected chi connectivity index (χ3v) is 4.45. The van der Waals surface area contributed by atoms with Crippen LogP contribution in [0.15, 0.2) is 48.8 Å². The van der Waals surface area contributed by atoms with Crippen molar-refractivity contribution < 1.29 is 9.53 Å². The van der Waals surface area contributed by atoms with E-state index in [0.29, 0.717) is 12.2 Å². The van der Waals surface area contributed by atoms with Crippen LogP contribution in [-0.4, -0.2) is 42.7 Å². The zero-order chi connectivity index (χ0) is 17.5. The maximum absolute atomic E-state index is 12.2. The predicted octanol–water partition coefficient (Wildman–Crippen LogP) is 3.05. The first-order valence-corrected chi connectivity index (χ1v) is 8.60. The van der Waals surface area contributed by atoms with Gasteiger partial charge in [-0.15, -0.1) is 0 Å². The van der Waals surface area contributed by atoms with Crippen LogP contribution in [0.1, 0.15) is 24.4 Å². The molecule has 2 aromatic rings. The molecular weight excluding hydrogens is 316 g/mol. The second-order valence-electron chi connectivity index (χ2n) is 6.08. The highest BCUT2D eigenvalue weighted by Crippen LogP contribution is 2.31. The number of benzene rings is 1. The van der Waals surface area contributed by atoms with E-state index >= 15 is 0 Å². The third kappa shape index (κ3) is 4.48. The van der Waals surface area contributed by atoms with Crippen LogP contribution in [0, 0.1) is 0 Å². The summed E-state index contributed by atoms with van der Waals surface area (Å²) < 4.78 is 5.53. The largest absolute Gasteiger partial charge is 0.496 e. The number of nitrogens with one attached hydrogen (secondary N) is 2. The number of carbonyl (C=O) groups is 1. The van der Waals surface area contributed by atoms with Crippen molar-refractivity contribution in [3.63, 3.8) is 0 Å². The molecule has 0 bridgehead atoms. The number of aromatic nitrogens is 1. The summed E-state index contributed by atoms with van der Waals surface area (Å²) in [7, 11) is 1.68. The van der Waals surface area contributed by atoms with Crippen molar-refractivity contribution in [2.75, 3.05) is 32.1 Å². The van der Waals surface area contributed by atoms with Gasteiger partial charge >= 0.3 is 6.03 Å². The molecule has 132 valence electrons. The smallest absolute Gasteiger partial charge is 0.319 e. The lowest BCUT2D eigenvalue weighted by atomic mass is 10.0. The topological polar surface area (TPSA) is 66.5 Å². The minimum Gasteiger partial charge on any atom is -0.496 e. The molecule has 0 spiro atoms. The van der Waals surface area contributed by atoms with Gasteiger partial charge < -0.3 is 15.4 Å². The van der Waals surface area contributed by atoms with E-state index in [1.165, 1.54) is 12.8 Å². The highest BCUT2D eigenvalue weighted by Gasteiger charge is 2.26. The number of pyridine rings is 1. The molecule has 1 saturated heterocycles. The van der Waals surface area contributed by atoms with Crippen molar-refractivity contribution in [1.29, 1.82) is 0 Å². The lowest BCUT2D eigenvalue weighted by Gasteiger charge is -2.29. The summed E-state index contributed by atoms with van der Waals surface area (Å²) in [6.45, 7) is 2.59. The van der Waals surface area contributed by atoms with Crippen molar-refractivity contribution in [3.8, 4) is 5.75 Å². The number of ether oxygens (including phenoxy) is 1. The van der Waals surface area contributed by atoms with Crippen LogP contribution in [0.3, 0.4) is 0 Å². The molecule has 1 unspecified atom stereocenters. The van der Waals surface area contributed by atoms with Crippen molar-refractivity contribution in [3.05, 3.63) is 54.4 Å². The maximum atomic E-state index is 12.2. The third-order valence-electron chi connectivity index (χ3n) is 4.45. The Balaban J connectivity index is 1.69. The summed E-state index contributed by atoms with van der Waals surface area (Å²) in [5, 5.41) is 5.79. The number of urea groups is 1. The monoisotopic (exact) mass is 340 g/mol. The Hall–Kier alpha value is -2.60. The van der Waals surface area contributed by atoms with Gasteiger partial charge in [0.2, 0.25) is 0 Å². The number of nitrogens with zero attached hydrogens (tertiary/aromatic N) is 2. The first-order chi connectivity index (χ1) is 12.3. The van der Waals surface area contributed by atoms with Gasteiger partial charge in [-0.25, -0.2) is 4.79 Å². The zero-order valence-corrected chi connectivity index (χ0v) is 14.4. The van der Waals surface area contributed by atoms with E-state index in [2.05, 4.69) is 26.6 Å². The molecular formula is C19H24N4O2. The minimum atomic E-state index is -0.230. The van der Waals surface area contributed by atoms with E-state index < -0.39 is 0 Å². The van der Waals surface area contributed by atoms with Crippen LogP contribution in [0.4, 0.5) is 10.5 Å². The highest BCUT2D eigenvalue weighted by atomic mass is 16.5. The summed E-state index contributed by atoms with van der Waals surface area (Å²) in [6.07, 6.45) is 5.67. The standard InChI is InChI=1S/C19H24N4O2/c1-25-18-9-3-2-8-16(18)17(23-11-4-5-12-23)14-21-19(24)22-15-7-6-10-20-13-15/h2-3,6-10,13,17H,4-5,11-12,14H2,1H3,(H2,21,22,24). The summed E-state index contributed by atoms with van der Waals surface area (Å²) >= 11 is 0.